The van der Waals surface area contributed by atoms with E-state index < -0.39 is 0 Å². The van der Waals surface area contributed by atoms with Crippen LogP contribution in [0.1, 0.15) is 0 Å². The Morgan fingerprint density at radius 1 is 0.450 bits per heavy atom. The smallest absolute Gasteiger partial charge is 0.182 e. The second kappa shape index (κ2) is 8.01. The van der Waals surface area contributed by atoms with Gasteiger partial charge in [0.05, 0.1) is 0 Å². The lowest BCUT2D eigenvalue weighted by Crippen LogP contribution is -1.89. The average Bonchev–Trinajstić information content (AvgIpc) is 3.63. The number of rotatable bonds is 2. The molecule has 0 N–H and O–H groups in total. The number of nitrogens with zero attached hydrogens (tertiary/aromatic N) is 3. The molecule has 40 heavy (non-hydrogen) atoms. The molecule has 0 fully saturated rings. The van der Waals surface area contributed by atoms with Gasteiger partial charge in [0.15, 0.2) is 17.1 Å². The molecule has 0 saturated heterocycles. The maximum atomic E-state index is 6.03. The van der Waals surface area contributed by atoms with Crippen LogP contribution in [0, 0.1) is 0 Å². The molecule has 9 rings (SSSR count). The molecule has 3 aromatic heterocycles. The third kappa shape index (κ3) is 3.01. The van der Waals surface area contributed by atoms with Crippen molar-refractivity contribution in [3.63, 3.8) is 0 Å². The summed E-state index contributed by atoms with van der Waals surface area (Å²) in [5, 5.41) is 13.6. The minimum Gasteiger partial charge on any atom is -0.454 e. The van der Waals surface area contributed by atoms with Gasteiger partial charge >= 0.3 is 0 Å². The summed E-state index contributed by atoms with van der Waals surface area (Å²) in [6.07, 6.45) is 0. The quantitative estimate of drug-likeness (QED) is 0.217. The molecule has 4 nitrogen and oxygen atoms in total. The molecule has 0 radical (unpaired) electrons. The fourth-order valence-electron chi connectivity index (χ4n) is 6.15. The van der Waals surface area contributed by atoms with Crippen molar-refractivity contribution >= 4 is 60.0 Å². The van der Waals surface area contributed by atoms with Crippen LogP contribution < -0.4 is 0 Å². The Balaban J connectivity index is 1.16. The predicted molar refractivity (Wildman–Crippen MR) is 164 cm³/mol. The van der Waals surface area contributed by atoms with Crippen LogP contribution in [0.5, 0.6) is 0 Å². The molecule has 4 heteroatoms. The highest BCUT2D eigenvalue weighted by Gasteiger charge is 2.15. The van der Waals surface area contributed by atoms with Crippen molar-refractivity contribution < 1.29 is 4.42 Å². The van der Waals surface area contributed by atoms with Crippen LogP contribution in [0.25, 0.3) is 82.5 Å². The molecule has 0 bridgehead atoms. The van der Waals surface area contributed by atoms with Crippen molar-refractivity contribution in [3.8, 4) is 22.5 Å². The second-order valence-corrected chi connectivity index (χ2v) is 10.3. The summed E-state index contributed by atoms with van der Waals surface area (Å²) >= 11 is 0. The van der Waals surface area contributed by atoms with Crippen LogP contribution in [0.3, 0.4) is 0 Å². The van der Waals surface area contributed by atoms with Gasteiger partial charge in [-0.1, -0.05) is 97.1 Å². The zero-order valence-corrected chi connectivity index (χ0v) is 21.4. The zero-order valence-electron chi connectivity index (χ0n) is 21.4. The molecule has 0 aliphatic carbocycles. The van der Waals surface area contributed by atoms with E-state index in [1.165, 1.54) is 37.9 Å². The highest BCUT2D eigenvalue weighted by Crippen LogP contribution is 2.37. The molecule has 0 saturated carbocycles. The normalized spacial score (nSPS) is 12.0. The Kier molecular flexibility index (Phi) is 4.30. The van der Waals surface area contributed by atoms with E-state index in [1.54, 1.807) is 0 Å². The molecule has 6 aromatic carbocycles. The largest absolute Gasteiger partial charge is 0.454 e. The Labute approximate surface area is 228 Å². The maximum Gasteiger partial charge on any atom is 0.182 e. The maximum absolute atomic E-state index is 6.03. The Morgan fingerprint density at radius 3 is 1.75 bits per heavy atom. The van der Waals surface area contributed by atoms with Crippen LogP contribution in [0.2, 0.25) is 0 Å². The fraction of sp³-hybridized carbons (Fsp3) is 0. The molecule has 3 heterocycles. The number of hydrogen-bond donors (Lipinski definition) is 0. The zero-order chi connectivity index (χ0) is 26.2. The molecule has 9 aromatic rings. The minimum atomic E-state index is 0.695. The molecular weight excluding hydrogens is 490 g/mol. The molecule has 0 aliphatic rings. The van der Waals surface area contributed by atoms with Crippen LogP contribution in [0.15, 0.2) is 132 Å². The van der Waals surface area contributed by atoms with Crippen molar-refractivity contribution in [1.82, 2.24) is 14.6 Å². The van der Waals surface area contributed by atoms with Crippen molar-refractivity contribution in [2.24, 2.45) is 0 Å². The van der Waals surface area contributed by atoms with Gasteiger partial charge in [-0.15, -0.1) is 5.10 Å². The van der Waals surface area contributed by atoms with Gasteiger partial charge in [-0.25, -0.2) is 9.50 Å². The fourth-order valence-corrected chi connectivity index (χ4v) is 6.15. The van der Waals surface area contributed by atoms with E-state index in [9.17, 15) is 0 Å². The summed E-state index contributed by atoms with van der Waals surface area (Å²) in [5.74, 6) is 0.695. The number of fused-ring (bicyclic) bond motifs is 11. The number of hydrogen-bond acceptors (Lipinski definition) is 3. The molecule has 0 amide bonds. The van der Waals surface area contributed by atoms with E-state index in [2.05, 4.69) is 97.1 Å². The minimum absolute atomic E-state index is 0.695. The first-order valence-corrected chi connectivity index (χ1v) is 13.4. The Morgan fingerprint density at radius 2 is 1.02 bits per heavy atom. The van der Waals surface area contributed by atoms with Gasteiger partial charge in [-0.05, 0) is 73.8 Å². The summed E-state index contributed by atoms with van der Waals surface area (Å²) in [6.45, 7) is 0. The first kappa shape index (κ1) is 21.5. The number of benzene rings is 6. The third-order valence-electron chi connectivity index (χ3n) is 8.04. The van der Waals surface area contributed by atoms with Crippen molar-refractivity contribution in [2.45, 2.75) is 0 Å². The van der Waals surface area contributed by atoms with E-state index >= 15 is 0 Å². The Hall–Kier alpha value is -5.48. The van der Waals surface area contributed by atoms with E-state index in [-0.39, 0.29) is 0 Å². The van der Waals surface area contributed by atoms with E-state index in [0.29, 0.717) is 5.82 Å². The molecule has 186 valence electrons. The monoisotopic (exact) mass is 511 g/mol. The third-order valence-corrected chi connectivity index (χ3v) is 8.04. The number of pyridine rings is 1. The number of aromatic nitrogens is 3. The van der Waals surface area contributed by atoms with Gasteiger partial charge in [0.2, 0.25) is 0 Å². The summed E-state index contributed by atoms with van der Waals surface area (Å²) in [6, 6.07) is 44.7. The first-order valence-electron chi connectivity index (χ1n) is 13.4. The average molecular weight is 512 g/mol. The lowest BCUT2D eigenvalue weighted by molar-refractivity contribution is 0.667. The Bertz CT molecular complexity index is 2400. The van der Waals surface area contributed by atoms with Gasteiger partial charge < -0.3 is 4.42 Å². The molecule has 0 atom stereocenters. The second-order valence-electron chi connectivity index (χ2n) is 10.3. The summed E-state index contributed by atoms with van der Waals surface area (Å²) in [7, 11) is 0. The molecule has 0 spiro atoms. The summed E-state index contributed by atoms with van der Waals surface area (Å²) < 4.78 is 7.92. The van der Waals surface area contributed by atoms with Gasteiger partial charge in [0.1, 0.15) is 11.1 Å². The molecule has 0 unspecified atom stereocenters. The predicted octanol–water partition coefficient (Wildman–Crippen LogP) is 9.42. The standard InChI is InChI=1S/C36H21N3O/c1-2-9-27-25(7-1)26-8-3-4-10-28(26)31-21-24(17-18-29(27)31)22-13-15-23(16-14-22)36-37-34-20-19-33-35(39(34)38-36)30-11-5-6-12-32(30)40-33/h1-21H. The van der Waals surface area contributed by atoms with Gasteiger partial charge in [0.25, 0.3) is 0 Å². The summed E-state index contributed by atoms with van der Waals surface area (Å²) in [5.41, 5.74) is 6.72. The van der Waals surface area contributed by atoms with Crippen molar-refractivity contribution in [2.75, 3.05) is 0 Å². The van der Waals surface area contributed by atoms with Crippen LogP contribution >= 0.6 is 0 Å². The summed E-state index contributed by atoms with van der Waals surface area (Å²) in [4.78, 5) is 4.84. The highest BCUT2D eigenvalue weighted by atomic mass is 16.3. The van der Waals surface area contributed by atoms with Crippen molar-refractivity contribution in [1.29, 1.82) is 0 Å². The lowest BCUT2D eigenvalue weighted by atomic mass is 9.92. The highest BCUT2D eigenvalue weighted by molar-refractivity contribution is 6.25. The van der Waals surface area contributed by atoms with Crippen molar-refractivity contribution in [3.05, 3.63) is 127 Å². The van der Waals surface area contributed by atoms with E-state index in [4.69, 9.17) is 14.5 Å². The first-order chi connectivity index (χ1) is 19.8. The van der Waals surface area contributed by atoms with Gasteiger partial charge in [0, 0.05) is 10.9 Å². The van der Waals surface area contributed by atoms with Gasteiger partial charge in [-0.2, -0.15) is 0 Å². The molecular formula is C36H21N3O. The van der Waals surface area contributed by atoms with Crippen LogP contribution in [-0.2, 0) is 0 Å². The molecule has 0 aliphatic heterocycles. The number of furan rings is 1. The van der Waals surface area contributed by atoms with Crippen LogP contribution in [-0.4, -0.2) is 14.6 Å². The van der Waals surface area contributed by atoms with Crippen LogP contribution in [0.4, 0.5) is 0 Å². The SMILES string of the molecule is c1ccc2c(c1)oc1ccc3nc(-c4ccc(-c5ccc6c7ccccc7c7ccccc7c6c5)cc4)nn3c12. The van der Waals surface area contributed by atoms with E-state index in [0.717, 1.165) is 38.8 Å². The van der Waals surface area contributed by atoms with Gasteiger partial charge in [-0.3, -0.25) is 0 Å². The number of para-hydroxylation sites is 1. The van der Waals surface area contributed by atoms with E-state index in [1.807, 2.05) is 34.8 Å². The lowest BCUT2D eigenvalue weighted by Gasteiger charge is -2.12. The topological polar surface area (TPSA) is 43.3 Å².